The van der Waals surface area contributed by atoms with Crippen LogP contribution in [0, 0.1) is 0 Å². The molecule has 1 aliphatic heterocycles. The van der Waals surface area contributed by atoms with Gasteiger partial charge in [-0.25, -0.2) is 0 Å². The number of nitrogens with zero attached hydrogens (tertiary/aromatic N) is 1. The molecule has 2 N–H and O–H groups in total. The van der Waals surface area contributed by atoms with Crippen LogP contribution in [0.25, 0.3) is 10.4 Å². The number of nitrogens with two attached hydrogens (primary N) is 1. The van der Waals surface area contributed by atoms with Crippen LogP contribution >= 0.6 is 11.3 Å². The van der Waals surface area contributed by atoms with E-state index in [0.717, 1.165) is 42.8 Å². The number of carbonyl (C=O) groups excluding carboxylic acids is 2. The third-order valence-electron chi connectivity index (χ3n) is 3.96. The standard InChI is InChI=1S/C17H18N2O2S/c18-16(20)14-11-12(15-5-4-10-22-15)6-7-13(14)17(21)19-8-2-1-3-9-19/h4-7,10-11H,1-3,8-9H2,(H2,18,20). The minimum atomic E-state index is -0.557. The quantitative estimate of drug-likeness (QED) is 0.946. The number of benzene rings is 1. The third kappa shape index (κ3) is 2.90. The van der Waals surface area contributed by atoms with Gasteiger partial charge in [0.2, 0.25) is 5.91 Å². The summed E-state index contributed by atoms with van der Waals surface area (Å²) in [6.45, 7) is 1.51. The van der Waals surface area contributed by atoms with Gasteiger partial charge in [0.1, 0.15) is 0 Å². The first-order chi connectivity index (χ1) is 10.7. The SMILES string of the molecule is NC(=O)c1cc(-c2cccs2)ccc1C(=O)N1CCCCC1. The fraction of sp³-hybridized carbons (Fsp3) is 0.294. The average molecular weight is 314 g/mol. The van der Waals surface area contributed by atoms with Gasteiger partial charge in [0.05, 0.1) is 11.1 Å². The summed E-state index contributed by atoms with van der Waals surface area (Å²) >= 11 is 1.59. The van der Waals surface area contributed by atoms with Gasteiger partial charge in [0.25, 0.3) is 5.91 Å². The summed E-state index contributed by atoms with van der Waals surface area (Å²) < 4.78 is 0. The van der Waals surface area contributed by atoms with Crippen molar-refractivity contribution in [2.75, 3.05) is 13.1 Å². The van der Waals surface area contributed by atoms with Crippen molar-refractivity contribution in [3.63, 3.8) is 0 Å². The van der Waals surface area contributed by atoms with E-state index in [1.165, 1.54) is 0 Å². The van der Waals surface area contributed by atoms with Crippen LogP contribution in [0.1, 0.15) is 40.0 Å². The van der Waals surface area contributed by atoms with Gasteiger partial charge in [0, 0.05) is 18.0 Å². The second kappa shape index (κ2) is 6.32. The minimum absolute atomic E-state index is 0.0915. The van der Waals surface area contributed by atoms with E-state index in [1.54, 1.807) is 23.5 Å². The Hall–Kier alpha value is -2.14. The highest BCUT2D eigenvalue weighted by molar-refractivity contribution is 7.13. The zero-order valence-electron chi connectivity index (χ0n) is 12.2. The molecule has 0 spiro atoms. The second-order valence-electron chi connectivity index (χ2n) is 5.45. The lowest BCUT2D eigenvalue weighted by Crippen LogP contribution is -2.36. The van der Waals surface area contributed by atoms with Gasteiger partial charge in [-0.2, -0.15) is 0 Å². The molecule has 114 valence electrons. The van der Waals surface area contributed by atoms with E-state index in [0.29, 0.717) is 11.1 Å². The largest absolute Gasteiger partial charge is 0.366 e. The minimum Gasteiger partial charge on any atom is -0.366 e. The number of amides is 2. The average Bonchev–Trinajstić information content (AvgIpc) is 3.09. The van der Waals surface area contributed by atoms with Crippen molar-refractivity contribution in [1.29, 1.82) is 0 Å². The van der Waals surface area contributed by atoms with Crippen molar-refractivity contribution in [3.05, 3.63) is 46.8 Å². The predicted molar refractivity (Wildman–Crippen MR) is 88.0 cm³/mol. The van der Waals surface area contributed by atoms with E-state index in [1.807, 2.05) is 28.5 Å². The lowest BCUT2D eigenvalue weighted by atomic mass is 10.0. The lowest BCUT2D eigenvalue weighted by Gasteiger charge is -2.27. The van der Waals surface area contributed by atoms with Crippen LogP contribution in [-0.4, -0.2) is 29.8 Å². The Morgan fingerprint density at radius 3 is 2.45 bits per heavy atom. The van der Waals surface area contributed by atoms with E-state index in [-0.39, 0.29) is 5.91 Å². The summed E-state index contributed by atoms with van der Waals surface area (Å²) in [5.41, 5.74) is 7.13. The number of likely N-dealkylation sites (tertiary alicyclic amines) is 1. The van der Waals surface area contributed by atoms with Crippen LogP contribution in [0.3, 0.4) is 0 Å². The number of thiophene rings is 1. The molecular formula is C17H18N2O2S. The van der Waals surface area contributed by atoms with Gasteiger partial charge >= 0.3 is 0 Å². The molecule has 0 bridgehead atoms. The Kier molecular flexibility index (Phi) is 4.24. The fourth-order valence-electron chi connectivity index (χ4n) is 2.80. The topological polar surface area (TPSA) is 63.4 Å². The van der Waals surface area contributed by atoms with Crippen LogP contribution in [0.4, 0.5) is 0 Å². The van der Waals surface area contributed by atoms with Crippen molar-refractivity contribution < 1.29 is 9.59 Å². The molecule has 1 saturated heterocycles. The number of rotatable bonds is 3. The smallest absolute Gasteiger partial charge is 0.254 e. The lowest BCUT2D eigenvalue weighted by molar-refractivity contribution is 0.0720. The molecule has 4 nitrogen and oxygen atoms in total. The summed E-state index contributed by atoms with van der Waals surface area (Å²) in [7, 11) is 0. The highest BCUT2D eigenvalue weighted by Gasteiger charge is 2.23. The van der Waals surface area contributed by atoms with Crippen molar-refractivity contribution in [2.45, 2.75) is 19.3 Å². The Balaban J connectivity index is 1.96. The number of hydrogen-bond donors (Lipinski definition) is 1. The highest BCUT2D eigenvalue weighted by atomic mass is 32.1. The molecule has 0 aliphatic carbocycles. The van der Waals surface area contributed by atoms with Gasteiger partial charge in [-0.15, -0.1) is 11.3 Å². The molecule has 1 aromatic heterocycles. The molecule has 2 heterocycles. The molecule has 1 aliphatic rings. The highest BCUT2D eigenvalue weighted by Crippen LogP contribution is 2.27. The van der Waals surface area contributed by atoms with Crippen LogP contribution < -0.4 is 5.73 Å². The molecule has 22 heavy (non-hydrogen) atoms. The molecule has 0 saturated carbocycles. The van der Waals surface area contributed by atoms with Gasteiger partial charge in [0.15, 0.2) is 0 Å². The summed E-state index contributed by atoms with van der Waals surface area (Å²) in [4.78, 5) is 27.3. The third-order valence-corrected chi connectivity index (χ3v) is 4.88. The number of carbonyl (C=O) groups is 2. The fourth-order valence-corrected chi connectivity index (χ4v) is 3.52. The molecule has 0 radical (unpaired) electrons. The molecule has 2 aromatic rings. The van der Waals surface area contributed by atoms with Crippen molar-refractivity contribution in [3.8, 4) is 10.4 Å². The van der Waals surface area contributed by atoms with Gasteiger partial charge in [-0.3, -0.25) is 9.59 Å². The first-order valence-electron chi connectivity index (χ1n) is 7.44. The van der Waals surface area contributed by atoms with E-state index in [2.05, 4.69) is 0 Å². The molecular weight excluding hydrogens is 296 g/mol. The Bertz CT molecular complexity index is 689. The molecule has 1 fully saturated rings. The number of piperidine rings is 1. The monoisotopic (exact) mass is 314 g/mol. The van der Waals surface area contributed by atoms with Crippen molar-refractivity contribution in [2.24, 2.45) is 5.73 Å². The van der Waals surface area contributed by atoms with E-state index < -0.39 is 5.91 Å². The maximum Gasteiger partial charge on any atom is 0.254 e. The molecule has 0 unspecified atom stereocenters. The summed E-state index contributed by atoms with van der Waals surface area (Å²) in [6, 6.07) is 9.28. The summed E-state index contributed by atoms with van der Waals surface area (Å²) in [6.07, 6.45) is 3.19. The van der Waals surface area contributed by atoms with E-state index >= 15 is 0 Å². The Morgan fingerprint density at radius 1 is 1.05 bits per heavy atom. The maximum atomic E-state index is 12.6. The van der Waals surface area contributed by atoms with Gasteiger partial charge in [-0.05, 0) is 48.4 Å². The zero-order chi connectivity index (χ0) is 15.5. The number of hydrogen-bond acceptors (Lipinski definition) is 3. The summed E-state index contributed by atoms with van der Waals surface area (Å²) in [5.74, 6) is -0.648. The molecule has 3 rings (SSSR count). The van der Waals surface area contributed by atoms with Crippen molar-refractivity contribution in [1.82, 2.24) is 4.90 Å². The first kappa shape index (κ1) is 14.8. The van der Waals surface area contributed by atoms with Gasteiger partial charge < -0.3 is 10.6 Å². The van der Waals surface area contributed by atoms with Crippen LogP contribution in [0.5, 0.6) is 0 Å². The Morgan fingerprint density at radius 2 is 1.82 bits per heavy atom. The maximum absolute atomic E-state index is 12.6. The summed E-state index contributed by atoms with van der Waals surface area (Å²) in [5, 5.41) is 1.98. The first-order valence-corrected chi connectivity index (χ1v) is 8.32. The molecule has 2 amide bonds. The zero-order valence-corrected chi connectivity index (χ0v) is 13.1. The van der Waals surface area contributed by atoms with Gasteiger partial charge in [-0.1, -0.05) is 12.1 Å². The van der Waals surface area contributed by atoms with Crippen LogP contribution in [-0.2, 0) is 0 Å². The molecule has 5 heteroatoms. The second-order valence-corrected chi connectivity index (χ2v) is 6.40. The number of primary amides is 1. The van der Waals surface area contributed by atoms with Crippen LogP contribution in [0.2, 0.25) is 0 Å². The van der Waals surface area contributed by atoms with Crippen molar-refractivity contribution >= 4 is 23.2 Å². The predicted octanol–water partition coefficient (Wildman–Crippen LogP) is 3.14. The van der Waals surface area contributed by atoms with E-state index in [9.17, 15) is 9.59 Å². The Labute approximate surface area is 133 Å². The molecule has 1 aromatic carbocycles. The molecule has 0 atom stereocenters. The van der Waals surface area contributed by atoms with E-state index in [4.69, 9.17) is 5.73 Å². The normalized spacial score (nSPS) is 14.8. The van der Waals surface area contributed by atoms with Crippen LogP contribution in [0.15, 0.2) is 35.7 Å².